The molecule has 0 radical (unpaired) electrons. The Balaban J connectivity index is 2.12. The van der Waals surface area contributed by atoms with Crippen LogP contribution >= 0.6 is 11.6 Å². The van der Waals surface area contributed by atoms with E-state index in [1.807, 2.05) is 0 Å². The predicted octanol–water partition coefficient (Wildman–Crippen LogP) is 1.56. The molecule has 5 nitrogen and oxygen atoms in total. The molecular weight excluding hydrogens is 331 g/mol. The van der Waals surface area contributed by atoms with Crippen molar-refractivity contribution in [3.05, 3.63) is 34.6 Å². The van der Waals surface area contributed by atoms with Gasteiger partial charge in [0.05, 0.1) is 12.2 Å². The Morgan fingerprint density at radius 1 is 1.50 bits per heavy atom. The molecule has 0 saturated carbocycles. The van der Waals surface area contributed by atoms with Crippen LogP contribution < -0.4 is 4.72 Å². The number of likely N-dealkylation sites (tertiary alicyclic amines) is 1. The number of sulfonamides is 1. The maximum atomic E-state index is 13.8. The molecule has 2 rings (SSSR count). The Hall–Kier alpha value is -1.18. The molecule has 1 aliphatic heterocycles. The number of carbonyl (C=O) groups is 1. The van der Waals surface area contributed by atoms with E-state index in [4.69, 9.17) is 11.6 Å². The van der Waals surface area contributed by atoms with Gasteiger partial charge in [-0.15, -0.1) is 0 Å². The summed E-state index contributed by atoms with van der Waals surface area (Å²) in [6.07, 6.45) is 1.19. The van der Waals surface area contributed by atoms with Gasteiger partial charge in [-0.1, -0.05) is 17.7 Å². The zero-order valence-electron chi connectivity index (χ0n) is 12.2. The van der Waals surface area contributed by atoms with E-state index in [2.05, 4.69) is 4.72 Å². The number of nitrogens with one attached hydrogen (secondary N) is 1. The van der Waals surface area contributed by atoms with Crippen molar-refractivity contribution in [3.8, 4) is 0 Å². The van der Waals surface area contributed by atoms with Crippen LogP contribution in [0.4, 0.5) is 4.39 Å². The van der Waals surface area contributed by atoms with Gasteiger partial charge in [0.1, 0.15) is 5.82 Å². The second kappa shape index (κ2) is 6.93. The third-order valence-electron chi connectivity index (χ3n) is 3.81. The first-order chi connectivity index (χ1) is 10.3. The Labute approximate surface area is 134 Å². The molecule has 122 valence electrons. The lowest BCUT2D eigenvalue weighted by molar-refractivity contribution is -0.130. The highest BCUT2D eigenvalue weighted by Crippen LogP contribution is 2.23. The van der Waals surface area contributed by atoms with Crippen LogP contribution in [0.3, 0.4) is 0 Å². The predicted molar refractivity (Wildman–Crippen MR) is 82.7 cm³/mol. The number of benzene rings is 1. The topological polar surface area (TPSA) is 66.5 Å². The normalized spacial score (nSPS) is 18.7. The average Bonchev–Trinajstić information content (AvgIpc) is 2.90. The number of hydrogen-bond acceptors (Lipinski definition) is 3. The molecule has 1 saturated heterocycles. The van der Waals surface area contributed by atoms with E-state index in [1.54, 1.807) is 0 Å². The lowest BCUT2D eigenvalue weighted by Crippen LogP contribution is -2.42. The van der Waals surface area contributed by atoms with E-state index in [1.165, 1.54) is 30.1 Å². The van der Waals surface area contributed by atoms with Crippen molar-refractivity contribution in [3.63, 3.8) is 0 Å². The van der Waals surface area contributed by atoms with Crippen LogP contribution in [-0.2, 0) is 21.2 Å². The molecule has 0 spiro atoms. The van der Waals surface area contributed by atoms with Crippen LogP contribution in [-0.4, -0.2) is 44.6 Å². The summed E-state index contributed by atoms with van der Waals surface area (Å²) in [4.78, 5) is 13.9. The number of amides is 1. The molecule has 1 aromatic carbocycles. The minimum atomic E-state index is -3.40. The Bertz CT molecular complexity index is 646. The van der Waals surface area contributed by atoms with E-state index in [-0.39, 0.29) is 34.7 Å². The van der Waals surface area contributed by atoms with E-state index in [0.29, 0.717) is 13.0 Å². The van der Waals surface area contributed by atoms with Crippen LogP contribution in [0, 0.1) is 5.82 Å². The van der Waals surface area contributed by atoms with Crippen molar-refractivity contribution in [2.24, 2.45) is 0 Å². The van der Waals surface area contributed by atoms with Gasteiger partial charge in [-0.2, -0.15) is 0 Å². The maximum absolute atomic E-state index is 13.8. The molecule has 1 aliphatic rings. The van der Waals surface area contributed by atoms with E-state index >= 15 is 0 Å². The maximum Gasteiger partial charge on any atom is 0.227 e. The van der Waals surface area contributed by atoms with Crippen LogP contribution in [0.2, 0.25) is 5.02 Å². The zero-order chi connectivity index (χ0) is 16.3. The van der Waals surface area contributed by atoms with Crippen LogP contribution in [0.1, 0.15) is 18.4 Å². The first kappa shape index (κ1) is 17.2. The van der Waals surface area contributed by atoms with Gasteiger partial charge in [0.25, 0.3) is 0 Å². The van der Waals surface area contributed by atoms with Gasteiger partial charge in [0, 0.05) is 23.2 Å². The summed E-state index contributed by atoms with van der Waals surface area (Å²) < 4.78 is 39.3. The van der Waals surface area contributed by atoms with Gasteiger partial charge in [0.2, 0.25) is 15.9 Å². The summed E-state index contributed by atoms with van der Waals surface area (Å²) in [6, 6.07) is 3.88. The SMILES string of the molecule is CNS(=O)(=O)C[C@H]1CCCN1C(=O)Cc1c(F)cccc1Cl. The molecule has 0 aromatic heterocycles. The molecule has 0 bridgehead atoms. The third kappa shape index (κ3) is 3.97. The minimum absolute atomic E-state index is 0.139. The van der Waals surface area contributed by atoms with Crippen molar-refractivity contribution < 1.29 is 17.6 Å². The lowest BCUT2D eigenvalue weighted by Gasteiger charge is -2.24. The smallest absolute Gasteiger partial charge is 0.227 e. The van der Waals surface area contributed by atoms with Crippen LogP contribution in [0.25, 0.3) is 0 Å². The molecule has 22 heavy (non-hydrogen) atoms. The number of hydrogen-bond donors (Lipinski definition) is 1. The van der Waals surface area contributed by atoms with Crippen LogP contribution in [0.5, 0.6) is 0 Å². The molecule has 0 aliphatic carbocycles. The fraction of sp³-hybridized carbons (Fsp3) is 0.500. The molecule has 1 fully saturated rings. The standard InChI is InChI=1S/C14H18ClFN2O3S/c1-17-22(20,21)9-10-4-3-7-18(10)14(19)8-11-12(15)5-2-6-13(11)16/h2,5-6,10,17H,3-4,7-9H2,1H3/t10-/m1/s1. The largest absolute Gasteiger partial charge is 0.338 e. The van der Waals surface area contributed by atoms with Crippen molar-refractivity contribution in [1.29, 1.82) is 0 Å². The van der Waals surface area contributed by atoms with Crippen molar-refractivity contribution in [2.75, 3.05) is 19.3 Å². The van der Waals surface area contributed by atoms with Gasteiger partial charge < -0.3 is 4.90 Å². The van der Waals surface area contributed by atoms with Gasteiger partial charge in [-0.05, 0) is 32.0 Å². The summed E-state index contributed by atoms with van der Waals surface area (Å²) in [5.41, 5.74) is 0.149. The summed E-state index contributed by atoms with van der Waals surface area (Å²) in [7, 11) is -2.06. The second-order valence-electron chi connectivity index (χ2n) is 5.25. The minimum Gasteiger partial charge on any atom is -0.338 e. The van der Waals surface area contributed by atoms with Gasteiger partial charge in [-0.3, -0.25) is 4.79 Å². The van der Waals surface area contributed by atoms with E-state index in [9.17, 15) is 17.6 Å². The van der Waals surface area contributed by atoms with Crippen molar-refractivity contribution in [2.45, 2.75) is 25.3 Å². The van der Waals surface area contributed by atoms with Crippen LogP contribution in [0.15, 0.2) is 18.2 Å². The highest BCUT2D eigenvalue weighted by atomic mass is 35.5. The van der Waals surface area contributed by atoms with Crippen molar-refractivity contribution >= 4 is 27.5 Å². The first-order valence-corrected chi connectivity index (χ1v) is 9.00. The quantitative estimate of drug-likeness (QED) is 0.878. The highest BCUT2D eigenvalue weighted by Gasteiger charge is 2.32. The summed E-state index contributed by atoms with van der Waals surface area (Å²) in [5, 5.41) is 0.201. The summed E-state index contributed by atoms with van der Waals surface area (Å²) in [5.74, 6) is -0.972. The molecule has 1 heterocycles. The fourth-order valence-electron chi connectivity index (χ4n) is 2.63. The monoisotopic (exact) mass is 348 g/mol. The number of nitrogens with zero attached hydrogens (tertiary/aromatic N) is 1. The molecule has 1 N–H and O–H groups in total. The van der Waals surface area contributed by atoms with E-state index < -0.39 is 15.8 Å². The number of halogens is 2. The molecule has 0 unspecified atom stereocenters. The van der Waals surface area contributed by atoms with Gasteiger partial charge in [-0.25, -0.2) is 17.5 Å². The van der Waals surface area contributed by atoms with Crippen molar-refractivity contribution in [1.82, 2.24) is 9.62 Å². The molecular formula is C14H18ClFN2O3S. The Kier molecular flexibility index (Phi) is 5.41. The summed E-state index contributed by atoms with van der Waals surface area (Å²) in [6.45, 7) is 0.481. The zero-order valence-corrected chi connectivity index (χ0v) is 13.8. The molecule has 1 atom stereocenters. The third-order valence-corrected chi connectivity index (χ3v) is 5.61. The number of rotatable bonds is 5. The molecule has 8 heteroatoms. The van der Waals surface area contributed by atoms with Gasteiger partial charge >= 0.3 is 0 Å². The molecule has 1 amide bonds. The first-order valence-electron chi connectivity index (χ1n) is 6.97. The highest BCUT2D eigenvalue weighted by molar-refractivity contribution is 7.89. The Morgan fingerprint density at radius 2 is 2.23 bits per heavy atom. The number of carbonyl (C=O) groups excluding carboxylic acids is 1. The fourth-order valence-corrected chi connectivity index (χ4v) is 3.88. The lowest BCUT2D eigenvalue weighted by atomic mass is 10.1. The van der Waals surface area contributed by atoms with Gasteiger partial charge in [0.15, 0.2) is 0 Å². The average molecular weight is 349 g/mol. The Morgan fingerprint density at radius 3 is 2.86 bits per heavy atom. The summed E-state index contributed by atoms with van der Waals surface area (Å²) >= 11 is 5.93. The van der Waals surface area contributed by atoms with E-state index in [0.717, 1.165) is 6.42 Å². The second-order valence-corrected chi connectivity index (χ2v) is 7.62. The molecule has 1 aromatic rings.